The van der Waals surface area contributed by atoms with E-state index < -0.39 is 9.84 Å². The zero-order chi connectivity index (χ0) is 24.3. The Bertz CT molecular complexity index is 1460. The van der Waals surface area contributed by atoms with E-state index in [0.29, 0.717) is 22.2 Å². The standard InChI is InChI=1S/C26H20ClN3O3S/c1-3-4-15-30-21-16-18(27)13-14-22(21)33-25(30)12-8-7-11-24-26(20(17-28)29-2)19-9-5-6-10-23(19)34(24,31)32/h5-14,16H,3-4,15H2,1H3/b8-7+,24-11-,25-12-,26-20+. The summed E-state index contributed by atoms with van der Waals surface area (Å²) >= 11 is 6.17. The maximum absolute atomic E-state index is 13.1. The fourth-order valence-electron chi connectivity index (χ4n) is 3.87. The Morgan fingerprint density at radius 3 is 2.74 bits per heavy atom. The lowest BCUT2D eigenvalue weighted by molar-refractivity contribution is 0.437. The van der Waals surface area contributed by atoms with Crippen LogP contribution in [0.15, 0.2) is 88.1 Å². The zero-order valence-electron chi connectivity index (χ0n) is 18.3. The summed E-state index contributed by atoms with van der Waals surface area (Å²) in [6, 6.07) is 13.7. The van der Waals surface area contributed by atoms with Crippen LogP contribution in [0, 0.1) is 17.9 Å². The Labute approximate surface area is 204 Å². The van der Waals surface area contributed by atoms with E-state index in [1.165, 1.54) is 12.1 Å². The topological polar surface area (TPSA) is 74.8 Å². The van der Waals surface area contributed by atoms with Crippen LogP contribution in [0.25, 0.3) is 10.4 Å². The largest absolute Gasteiger partial charge is 0.439 e. The van der Waals surface area contributed by atoms with Crippen LogP contribution < -0.4 is 9.64 Å². The number of sulfone groups is 1. The quantitative estimate of drug-likeness (QED) is 0.366. The predicted octanol–water partition coefficient (Wildman–Crippen LogP) is 6.26. The first-order valence-electron chi connectivity index (χ1n) is 10.6. The molecule has 2 heterocycles. The highest BCUT2D eigenvalue weighted by molar-refractivity contribution is 7.96. The number of halogens is 1. The predicted molar refractivity (Wildman–Crippen MR) is 132 cm³/mol. The Kier molecular flexibility index (Phi) is 6.61. The van der Waals surface area contributed by atoms with Crippen molar-refractivity contribution in [1.82, 2.24) is 0 Å². The fraction of sp³-hybridized carbons (Fsp3) is 0.154. The molecule has 2 aliphatic heterocycles. The van der Waals surface area contributed by atoms with E-state index >= 15 is 0 Å². The first-order valence-corrected chi connectivity index (χ1v) is 12.5. The van der Waals surface area contributed by atoms with Crippen LogP contribution in [-0.4, -0.2) is 15.0 Å². The lowest BCUT2D eigenvalue weighted by atomic mass is 10.0. The van der Waals surface area contributed by atoms with Crippen LogP contribution in [-0.2, 0) is 9.84 Å². The highest BCUT2D eigenvalue weighted by Gasteiger charge is 2.37. The fourth-order valence-corrected chi connectivity index (χ4v) is 5.73. The second-order valence-electron chi connectivity index (χ2n) is 7.59. The number of allylic oxidation sites excluding steroid dienone is 6. The van der Waals surface area contributed by atoms with Crippen LogP contribution >= 0.6 is 11.6 Å². The molecule has 0 atom stereocenters. The maximum atomic E-state index is 13.1. The molecule has 34 heavy (non-hydrogen) atoms. The molecule has 0 aliphatic carbocycles. The van der Waals surface area contributed by atoms with Crippen molar-refractivity contribution in [3.05, 3.63) is 105 Å². The molecule has 0 unspecified atom stereocenters. The Balaban J connectivity index is 1.71. The average Bonchev–Trinajstić information content (AvgIpc) is 3.28. The molecular weight excluding hydrogens is 470 g/mol. The second-order valence-corrected chi connectivity index (χ2v) is 9.91. The van der Waals surface area contributed by atoms with Gasteiger partial charge in [-0.2, -0.15) is 0 Å². The third kappa shape index (κ3) is 4.12. The molecule has 0 fully saturated rings. The van der Waals surface area contributed by atoms with Gasteiger partial charge in [-0.15, -0.1) is 0 Å². The molecule has 2 aromatic carbocycles. The minimum Gasteiger partial charge on any atom is -0.439 e. The van der Waals surface area contributed by atoms with Gasteiger partial charge in [-0.05, 0) is 48.4 Å². The number of ether oxygens (including phenoxy) is 1. The molecule has 0 radical (unpaired) electrons. The first-order chi connectivity index (χ1) is 16.4. The third-order valence-corrected chi connectivity index (χ3v) is 7.55. The van der Waals surface area contributed by atoms with Gasteiger partial charge in [-0.3, -0.25) is 0 Å². The van der Waals surface area contributed by atoms with Gasteiger partial charge in [0.15, 0.2) is 5.75 Å². The molecule has 0 bridgehead atoms. The van der Waals surface area contributed by atoms with E-state index in [0.717, 1.165) is 25.1 Å². The Morgan fingerprint density at radius 2 is 2.00 bits per heavy atom. The van der Waals surface area contributed by atoms with Gasteiger partial charge in [0.1, 0.15) is 0 Å². The Morgan fingerprint density at radius 1 is 1.24 bits per heavy atom. The molecule has 170 valence electrons. The summed E-state index contributed by atoms with van der Waals surface area (Å²) < 4.78 is 32.2. The summed E-state index contributed by atoms with van der Waals surface area (Å²) in [6.45, 7) is 10.2. The molecule has 4 rings (SSSR count). The van der Waals surface area contributed by atoms with Crippen molar-refractivity contribution in [3.8, 4) is 11.8 Å². The van der Waals surface area contributed by atoms with Crippen molar-refractivity contribution in [1.29, 1.82) is 5.26 Å². The monoisotopic (exact) mass is 489 g/mol. The van der Waals surface area contributed by atoms with E-state index in [2.05, 4.69) is 11.8 Å². The van der Waals surface area contributed by atoms with E-state index in [1.807, 2.05) is 23.1 Å². The van der Waals surface area contributed by atoms with Gasteiger partial charge in [0.25, 0.3) is 5.70 Å². The summed E-state index contributed by atoms with van der Waals surface area (Å²) in [5.41, 5.74) is 1.12. The summed E-state index contributed by atoms with van der Waals surface area (Å²) in [5, 5.41) is 10.0. The van der Waals surface area contributed by atoms with Crippen molar-refractivity contribution in [2.75, 3.05) is 11.4 Å². The number of rotatable bonds is 5. The van der Waals surface area contributed by atoms with Gasteiger partial charge in [0, 0.05) is 17.1 Å². The Hall–Kier alpha value is -3.78. The number of nitriles is 1. The van der Waals surface area contributed by atoms with E-state index in [1.54, 1.807) is 42.5 Å². The molecular formula is C26H20ClN3O3S. The molecule has 0 N–H and O–H groups in total. The summed E-state index contributed by atoms with van der Waals surface area (Å²) in [7, 11) is -3.85. The summed E-state index contributed by atoms with van der Waals surface area (Å²) in [4.78, 5) is 5.31. The van der Waals surface area contributed by atoms with Crippen molar-refractivity contribution >= 4 is 32.7 Å². The molecule has 2 aliphatic rings. The number of nitrogens with zero attached hydrogens (tertiary/aromatic N) is 3. The number of unbranched alkanes of at least 4 members (excludes halogenated alkanes) is 1. The maximum Gasteiger partial charge on any atom is 0.270 e. The number of anilines is 1. The van der Waals surface area contributed by atoms with Crippen LogP contribution in [0.3, 0.4) is 0 Å². The van der Waals surface area contributed by atoms with E-state index in [-0.39, 0.29) is 21.1 Å². The van der Waals surface area contributed by atoms with Gasteiger partial charge in [-0.25, -0.2) is 18.5 Å². The number of benzene rings is 2. The molecule has 0 saturated heterocycles. The lowest BCUT2D eigenvalue weighted by Gasteiger charge is -2.17. The molecule has 8 heteroatoms. The molecule has 2 aromatic rings. The van der Waals surface area contributed by atoms with Gasteiger partial charge < -0.3 is 9.64 Å². The van der Waals surface area contributed by atoms with Gasteiger partial charge in [-0.1, -0.05) is 55.3 Å². The highest BCUT2D eigenvalue weighted by Crippen LogP contribution is 2.45. The number of hydrogen-bond acceptors (Lipinski definition) is 5. The molecule has 0 aromatic heterocycles. The van der Waals surface area contributed by atoms with Crippen molar-refractivity contribution in [3.63, 3.8) is 0 Å². The van der Waals surface area contributed by atoms with Crippen molar-refractivity contribution in [2.24, 2.45) is 0 Å². The summed E-state index contributed by atoms with van der Waals surface area (Å²) in [5.74, 6) is 1.31. The first kappa shape index (κ1) is 23.4. The van der Waals surface area contributed by atoms with Crippen LogP contribution in [0.4, 0.5) is 5.69 Å². The minimum absolute atomic E-state index is 0.0684. The normalized spacial score (nSPS) is 19.6. The van der Waals surface area contributed by atoms with Crippen molar-refractivity contribution < 1.29 is 13.2 Å². The minimum atomic E-state index is -3.85. The van der Waals surface area contributed by atoms with Gasteiger partial charge in [0.2, 0.25) is 15.7 Å². The second kappa shape index (κ2) is 9.61. The van der Waals surface area contributed by atoms with Crippen LogP contribution in [0.5, 0.6) is 5.75 Å². The van der Waals surface area contributed by atoms with Crippen molar-refractivity contribution in [2.45, 2.75) is 24.7 Å². The van der Waals surface area contributed by atoms with E-state index in [4.69, 9.17) is 22.9 Å². The molecule has 0 saturated carbocycles. The summed E-state index contributed by atoms with van der Waals surface area (Å²) in [6.07, 6.45) is 8.38. The van der Waals surface area contributed by atoms with Crippen LogP contribution in [0.1, 0.15) is 25.3 Å². The molecule has 0 amide bonds. The molecule has 6 nitrogen and oxygen atoms in total. The SMILES string of the molecule is [C-]#[N+]/C(C#N)=C1/C(=C/C=C/C=C2\Oc3ccc(Cl)cc3N2CCCC)S(=O)(=O)c2ccccc21. The average molecular weight is 490 g/mol. The number of hydrogen-bond donors (Lipinski definition) is 0. The third-order valence-electron chi connectivity index (χ3n) is 5.46. The zero-order valence-corrected chi connectivity index (χ0v) is 19.9. The van der Waals surface area contributed by atoms with Gasteiger partial charge in [0.05, 0.1) is 28.1 Å². The number of fused-ring (bicyclic) bond motifs is 2. The van der Waals surface area contributed by atoms with Crippen LogP contribution in [0.2, 0.25) is 5.02 Å². The lowest BCUT2D eigenvalue weighted by Crippen LogP contribution is -2.21. The molecule has 0 spiro atoms. The van der Waals surface area contributed by atoms with Gasteiger partial charge >= 0.3 is 0 Å². The van der Waals surface area contributed by atoms with E-state index in [9.17, 15) is 13.7 Å². The smallest absolute Gasteiger partial charge is 0.270 e. The highest BCUT2D eigenvalue weighted by atomic mass is 35.5.